The molecule has 0 spiro atoms. The number of likely N-dealkylation sites (tertiary alicyclic amines) is 1. The van der Waals surface area contributed by atoms with Gasteiger partial charge in [-0.25, -0.2) is 4.79 Å². The summed E-state index contributed by atoms with van der Waals surface area (Å²) in [5.41, 5.74) is 0.432. The van der Waals surface area contributed by atoms with Gasteiger partial charge in [-0.15, -0.1) is 11.6 Å². The average molecular weight is 455 g/mol. The summed E-state index contributed by atoms with van der Waals surface area (Å²) in [6.07, 6.45) is -4.82. The molecule has 1 fully saturated rings. The Kier molecular flexibility index (Phi) is 6.86. The van der Waals surface area contributed by atoms with Crippen molar-refractivity contribution in [3.05, 3.63) is 59.2 Å². The number of urea groups is 1. The van der Waals surface area contributed by atoms with Crippen molar-refractivity contribution >= 4 is 17.6 Å². The number of nitrogens with zero attached hydrogens (tertiary/aromatic N) is 1. The van der Waals surface area contributed by atoms with Crippen molar-refractivity contribution in [2.24, 2.45) is 0 Å². The fraction of sp³-hybridized carbons (Fsp3) is 0.435. The molecule has 1 heterocycles. The van der Waals surface area contributed by atoms with E-state index in [1.54, 1.807) is 35.2 Å². The van der Waals surface area contributed by atoms with Gasteiger partial charge in [-0.2, -0.15) is 13.2 Å². The molecule has 3 rings (SSSR count). The summed E-state index contributed by atoms with van der Waals surface area (Å²) in [5.74, 6) is 0.298. The Morgan fingerprint density at radius 1 is 1.13 bits per heavy atom. The van der Waals surface area contributed by atoms with E-state index in [9.17, 15) is 18.0 Å². The van der Waals surface area contributed by atoms with Crippen molar-refractivity contribution in [2.75, 3.05) is 13.1 Å². The predicted molar refractivity (Wildman–Crippen MR) is 115 cm³/mol. The average Bonchev–Trinajstić information content (AvgIpc) is 2.64. The van der Waals surface area contributed by atoms with Crippen LogP contribution in [0.15, 0.2) is 42.5 Å². The number of carbonyl (C=O) groups excluding carboxylic acids is 1. The number of carbonyl (C=O) groups is 1. The lowest BCUT2D eigenvalue weighted by Gasteiger charge is -2.40. The van der Waals surface area contributed by atoms with Crippen molar-refractivity contribution < 1.29 is 22.7 Å². The molecule has 0 atom stereocenters. The van der Waals surface area contributed by atoms with Gasteiger partial charge in [0.1, 0.15) is 0 Å². The van der Waals surface area contributed by atoms with Gasteiger partial charge in [-0.05, 0) is 43.0 Å². The van der Waals surface area contributed by atoms with E-state index in [1.165, 1.54) is 12.1 Å². The normalized spacial score (nSPS) is 15.0. The summed E-state index contributed by atoms with van der Waals surface area (Å²) in [4.78, 5) is 13.7. The molecule has 2 amide bonds. The smallest absolute Gasteiger partial charge is 0.370 e. The monoisotopic (exact) mass is 454 g/mol. The van der Waals surface area contributed by atoms with Gasteiger partial charge in [0.05, 0.1) is 31.4 Å². The van der Waals surface area contributed by atoms with Crippen LogP contribution in [0.25, 0.3) is 11.1 Å². The second-order valence-corrected chi connectivity index (χ2v) is 8.95. The van der Waals surface area contributed by atoms with E-state index in [2.05, 4.69) is 5.32 Å². The molecular weight excluding hydrogens is 429 g/mol. The minimum atomic E-state index is -4.53. The molecule has 0 unspecified atom stereocenters. The zero-order chi connectivity index (χ0) is 22.8. The van der Waals surface area contributed by atoms with E-state index >= 15 is 0 Å². The number of benzene rings is 2. The van der Waals surface area contributed by atoms with Crippen LogP contribution >= 0.6 is 11.6 Å². The van der Waals surface area contributed by atoms with Crippen LogP contribution in [0, 0.1) is 0 Å². The van der Waals surface area contributed by atoms with E-state index in [0.717, 1.165) is 5.56 Å². The Balaban J connectivity index is 1.71. The number of nitrogens with one attached hydrogen (secondary N) is 1. The predicted octanol–water partition coefficient (Wildman–Crippen LogP) is 5.82. The molecular formula is C23H26ClF3N2O2. The minimum Gasteiger partial charge on any atom is -0.370 e. The number of alkyl halides is 4. The van der Waals surface area contributed by atoms with Gasteiger partial charge in [0.2, 0.25) is 0 Å². The molecule has 0 bridgehead atoms. The van der Waals surface area contributed by atoms with Crippen LogP contribution in [0.3, 0.4) is 0 Å². The first-order chi connectivity index (χ1) is 14.5. The van der Waals surface area contributed by atoms with Gasteiger partial charge in [0.25, 0.3) is 0 Å². The highest BCUT2D eigenvalue weighted by atomic mass is 35.5. The number of hydrogen-bond donors (Lipinski definition) is 1. The molecule has 1 N–H and O–H groups in total. The van der Waals surface area contributed by atoms with E-state index in [1.807, 2.05) is 20.8 Å². The lowest BCUT2D eigenvalue weighted by molar-refractivity contribution is -0.139. The third-order valence-electron chi connectivity index (χ3n) is 4.95. The Morgan fingerprint density at radius 3 is 2.32 bits per heavy atom. The molecule has 4 nitrogen and oxygen atoms in total. The third kappa shape index (κ3) is 5.92. The van der Waals surface area contributed by atoms with Crippen LogP contribution in [0.2, 0.25) is 0 Å². The highest BCUT2D eigenvalue weighted by molar-refractivity contribution is 6.17. The van der Waals surface area contributed by atoms with E-state index < -0.39 is 11.7 Å². The molecule has 1 aliphatic heterocycles. The fourth-order valence-electron chi connectivity index (χ4n) is 3.39. The number of rotatable bonds is 5. The summed E-state index contributed by atoms with van der Waals surface area (Å²) in [6, 6.07) is 11.0. The van der Waals surface area contributed by atoms with E-state index in [-0.39, 0.29) is 35.4 Å². The number of amides is 2. The summed E-state index contributed by atoms with van der Waals surface area (Å²) in [7, 11) is 0. The van der Waals surface area contributed by atoms with Gasteiger partial charge < -0.3 is 15.0 Å². The zero-order valence-corrected chi connectivity index (χ0v) is 18.5. The number of hydrogen-bond acceptors (Lipinski definition) is 2. The summed E-state index contributed by atoms with van der Waals surface area (Å²) >= 11 is 5.78. The van der Waals surface area contributed by atoms with Crippen molar-refractivity contribution in [1.82, 2.24) is 10.2 Å². The fourth-order valence-corrected chi connectivity index (χ4v) is 3.56. The molecule has 0 aromatic heterocycles. The first-order valence-corrected chi connectivity index (χ1v) is 10.5. The van der Waals surface area contributed by atoms with Gasteiger partial charge in [0, 0.05) is 11.4 Å². The molecule has 8 heteroatoms. The summed E-state index contributed by atoms with van der Waals surface area (Å²) in [6.45, 7) is 6.17. The largest absolute Gasteiger partial charge is 0.417 e. The van der Waals surface area contributed by atoms with Gasteiger partial charge in [0.15, 0.2) is 0 Å². The quantitative estimate of drug-likeness (QED) is 0.578. The molecule has 2 aromatic carbocycles. The Labute approximate surface area is 185 Å². The lowest BCUT2D eigenvalue weighted by atomic mass is 9.94. The van der Waals surface area contributed by atoms with Crippen LogP contribution in [-0.2, 0) is 23.4 Å². The SMILES string of the molecule is CC(C)(C)NC(=O)N1CC(OCc2cccc(-c3ccc(CCl)cc3)c2C(F)(F)F)C1. The van der Waals surface area contributed by atoms with Crippen LogP contribution < -0.4 is 5.32 Å². The highest BCUT2D eigenvalue weighted by Gasteiger charge is 2.37. The van der Waals surface area contributed by atoms with E-state index in [4.69, 9.17) is 16.3 Å². The standard InChI is InChI=1S/C23H26ClF3N2O2/c1-22(2,3)28-21(30)29-12-18(13-29)31-14-17-5-4-6-19(20(17)23(25,26)27)16-9-7-15(11-24)8-10-16/h4-10,18H,11-14H2,1-3H3,(H,28,30). The third-order valence-corrected chi connectivity index (χ3v) is 5.25. The van der Waals surface area contributed by atoms with Crippen molar-refractivity contribution in [1.29, 1.82) is 0 Å². The highest BCUT2D eigenvalue weighted by Crippen LogP contribution is 2.40. The maximum absolute atomic E-state index is 13.9. The van der Waals surface area contributed by atoms with Crippen molar-refractivity contribution in [3.63, 3.8) is 0 Å². The minimum absolute atomic E-state index is 0.0732. The van der Waals surface area contributed by atoms with E-state index in [0.29, 0.717) is 24.5 Å². The number of halogens is 4. The molecule has 168 valence electrons. The van der Waals surface area contributed by atoms with Crippen LogP contribution in [-0.4, -0.2) is 35.7 Å². The Morgan fingerprint density at radius 2 is 1.77 bits per heavy atom. The van der Waals surface area contributed by atoms with Crippen LogP contribution in [0.4, 0.5) is 18.0 Å². The maximum Gasteiger partial charge on any atom is 0.417 e. The molecule has 0 radical (unpaired) electrons. The van der Waals surface area contributed by atoms with Gasteiger partial charge in [-0.1, -0.05) is 42.5 Å². The first kappa shape index (κ1) is 23.4. The molecule has 1 aliphatic rings. The van der Waals surface area contributed by atoms with Crippen LogP contribution in [0.1, 0.15) is 37.5 Å². The van der Waals surface area contributed by atoms with Crippen molar-refractivity contribution in [2.45, 2.75) is 51.1 Å². The maximum atomic E-state index is 13.9. The lowest BCUT2D eigenvalue weighted by Crippen LogP contribution is -2.60. The topological polar surface area (TPSA) is 41.6 Å². The Hall–Kier alpha value is -2.25. The van der Waals surface area contributed by atoms with Crippen LogP contribution in [0.5, 0.6) is 0 Å². The second kappa shape index (κ2) is 9.09. The molecule has 1 saturated heterocycles. The Bertz CT molecular complexity index is 918. The molecule has 0 saturated carbocycles. The van der Waals surface area contributed by atoms with Crippen molar-refractivity contribution in [3.8, 4) is 11.1 Å². The van der Waals surface area contributed by atoms with Gasteiger partial charge >= 0.3 is 12.2 Å². The molecule has 31 heavy (non-hydrogen) atoms. The first-order valence-electron chi connectivity index (χ1n) is 10.0. The zero-order valence-electron chi connectivity index (χ0n) is 17.7. The summed E-state index contributed by atoms with van der Waals surface area (Å²) in [5, 5.41) is 2.85. The summed E-state index contributed by atoms with van der Waals surface area (Å²) < 4.78 is 47.5. The second-order valence-electron chi connectivity index (χ2n) is 8.69. The molecule has 2 aromatic rings. The van der Waals surface area contributed by atoms with Gasteiger partial charge in [-0.3, -0.25) is 0 Å². The molecule has 0 aliphatic carbocycles. The number of ether oxygens (including phenoxy) is 1.